The highest BCUT2D eigenvalue weighted by Gasteiger charge is 2.39. The van der Waals surface area contributed by atoms with E-state index in [0.29, 0.717) is 25.7 Å². The molecule has 0 amide bonds. The molecule has 0 N–H and O–H groups in total. The zero-order valence-corrected chi connectivity index (χ0v) is 15.8. The Bertz CT molecular complexity index is 380. The molecule has 0 atom stereocenters. The summed E-state index contributed by atoms with van der Waals surface area (Å²) >= 11 is 5.73. The van der Waals surface area contributed by atoms with Crippen LogP contribution in [0.4, 0.5) is 0 Å². The van der Waals surface area contributed by atoms with Crippen LogP contribution in [0.25, 0.3) is 0 Å². The highest BCUT2D eigenvalue weighted by Crippen LogP contribution is 2.20. The van der Waals surface area contributed by atoms with Crippen molar-refractivity contribution < 1.29 is 13.3 Å². The van der Waals surface area contributed by atoms with E-state index >= 15 is 0 Å². The molecule has 0 unspecified atom stereocenters. The van der Waals surface area contributed by atoms with Crippen LogP contribution in [0.5, 0.6) is 0 Å². The van der Waals surface area contributed by atoms with E-state index in [1.165, 1.54) is 11.1 Å². The zero-order valence-electron chi connectivity index (χ0n) is 14.1. The van der Waals surface area contributed by atoms with Gasteiger partial charge in [0.05, 0.1) is 0 Å². The number of aryl methyl sites for hydroxylation is 2. The van der Waals surface area contributed by atoms with Gasteiger partial charge in [0.15, 0.2) is 0 Å². The summed E-state index contributed by atoms with van der Waals surface area (Å²) in [6.45, 7) is 7.86. The zero-order chi connectivity index (χ0) is 16.3. The van der Waals surface area contributed by atoms with Gasteiger partial charge in [0.2, 0.25) is 0 Å². The van der Waals surface area contributed by atoms with Gasteiger partial charge in [0, 0.05) is 31.7 Å². The average Bonchev–Trinajstić information content (AvgIpc) is 2.53. The van der Waals surface area contributed by atoms with Crippen molar-refractivity contribution >= 4 is 20.4 Å². The van der Waals surface area contributed by atoms with Crippen molar-refractivity contribution in [3.05, 3.63) is 35.4 Å². The fourth-order valence-corrected chi connectivity index (χ4v) is 5.17. The van der Waals surface area contributed by atoms with Gasteiger partial charge in [-0.05, 0) is 51.2 Å². The lowest BCUT2D eigenvalue weighted by Gasteiger charge is -2.28. The van der Waals surface area contributed by atoms with Crippen LogP contribution in [-0.2, 0) is 26.1 Å². The van der Waals surface area contributed by atoms with Crippen molar-refractivity contribution in [2.24, 2.45) is 0 Å². The summed E-state index contributed by atoms with van der Waals surface area (Å²) in [5, 5.41) is 0. The molecule has 0 bridgehead atoms. The van der Waals surface area contributed by atoms with E-state index in [1.807, 2.05) is 20.8 Å². The summed E-state index contributed by atoms with van der Waals surface area (Å²) in [7, 11) is -2.53. The number of alkyl halides is 1. The van der Waals surface area contributed by atoms with E-state index in [1.54, 1.807) is 0 Å². The van der Waals surface area contributed by atoms with E-state index in [0.717, 1.165) is 25.3 Å². The summed E-state index contributed by atoms with van der Waals surface area (Å²) in [5.74, 6) is 0.715. The minimum atomic E-state index is -2.53. The van der Waals surface area contributed by atoms with Crippen molar-refractivity contribution in [2.45, 2.75) is 46.1 Å². The Morgan fingerprint density at radius 1 is 0.818 bits per heavy atom. The van der Waals surface area contributed by atoms with E-state index in [9.17, 15) is 0 Å². The number of hydrogen-bond donors (Lipinski definition) is 0. The molecule has 22 heavy (non-hydrogen) atoms. The molecule has 1 aromatic rings. The topological polar surface area (TPSA) is 27.7 Å². The monoisotopic (exact) mass is 344 g/mol. The van der Waals surface area contributed by atoms with Crippen LogP contribution in [0, 0.1) is 0 Å². The molecule has 0 aliphatic rings. The highest BCUT2D eigenvalue weighted by molar-refractivity contribution is 6.60. The van der Waals surface area contributed by atoms with Crippen molar-refractivity contribution in [1.82, 2.24) is 0 Å². The van der Waals surface area contributed by atoms with Crippen LogP contribution in [0.2, 0.25) is 6.04 Å². The first-order chi connectivity index (χ1) is 10.7. The van der Waals surface area contributed by atoms with E-state index in [2.05, 4.69) is 24.3 Å². The third-order valence-corrected chi connectivity index (χ3v) is 6.75. The van der Waals surface area contributed by atoms with Crippen LogP contribution in [0.3, 0.4) is 0 Å². The second-order valence-corrected chi connectivity index (χ2v) is 8.20. The van der Waals surface area contributed by atoms with Gasteiger partial charge < -0.3 is 13.3 Å². The Labute approximate surface area is 141 Å². The van der Waals surface area contributed by atoms with Gasteiger partial charge in [-0.15, -0.1) is 11.6 Å². The molecule has 1 rings (SSSR count). The standard InChI is InChI=1S/C17H29ClO3Si/c1-4-19-22(20-5-2,21-6-3)15-13-17-11-9-16(10-12-17)8-7-14-18/h9-12H,4-8,13-15H2,1-3H3. The van der Waals surface area contributed by atoms with Gasteiger partial charge in [-0.3, -0.25) is 0 Å². The number of benzene rings is 1. The van der Waals surface area contributed by atoms with Crippen molar-refractivity contribution in [3.8, 4) is 0 Å². The van der Waals surface area contributed by atoms with Crippen LogP contribution in [-0.4, -0.2) is 34.5 Å². The molecule has 0 aliphatic carbocycles. The summed E-state index contributed by atoms with van der Waals surface area (Å²) in [4.78, 5) is 0. The molecule has 0 aliphatic heterocycles. The van der Waals surface area contributed by atoms with Crippen LogP contribution >= 0.6 is 11.6 Å². The minimum Gasteiger partial charge on any atom is -0.374 e. The molecule has 5 heteroatoms. The molecule has 0 fully saturated rings. The van der Waals surface area contributed by atoms with Crippen molar-refractivity contribution in [2.75, 3.05) is 25.7 Å². The lowest BCUT2D eigenvalue weighted by atomic mass is 10.1. The summed E-state index contributed by atoms with van der Waals surface area (Å²) in [6.07, 6.45) is 2.98. The van der Waals surface area contributed by atoms with Crippen LogP contribution < -0.4 is 0 Å². The molecular formula is C17H29ClO3Si. The molecule has 0 radical (unpaired) electrons. The van der Waals surface area contributed by atoms with E-state index in [-0.39, 0.29) is 0 Å². The van der Waals surface area contributed by atoms with Gasteiger partial charge >= 0.3 is 8.80 Å². The highest BCUT2D eigenvalue weighted by atomic mass is 35.5. The largest absolute Gasteiger partial charge is 0.501 e. The minimum absolute atomic E-state index is 0.629. The van der Waals surface area contributed by atoms with Crippen LogP contribution in [0.1, 0.15) is 38.3 Å². The fourth-order valence-electron chi connectivity index (χ4n) is 2.44. The molecule has 1 aromatic carbocycles. The fraction of sp³-hybridized carbons (Fsp3) is 0.647. The SMILES string of the molecule is CCO[Si](CCc1ccc(CCCCl)cc1)(OCC)OCC. The molecule has 0 saturated heterocycles. The molecule has 0 heterocycles. The predicted molar refractivity (Wildman–Crippen MR) is 94.6 cm³/mol. The number of halogens is 1. The maximum absolute atomic E-state index is 5.89. The molecule has 0 aromatic heterocycles. The smallest absolute Gasteiger partial charge is 0.374 e. The lowest BCUT2D eigenvalue weighted by molar-refractivity contribution is 0.0714. The number of hydrogen-bond acceptors (Lipinski definition) is 3. The van der Waals surface area contributed by atoms with Gasteiger partial charge in [0.25, 0.3) is 0 Å². The molecule has 126 valence electrons. The Kier molecular flexibility index (Phi) is 10.00. The second-order valence-electron chi connectivity index (χ2n) is 5.09. The van der Waals surface area contributed by atoms with Gasteiger partial charge in [0.1, 0.15) is 0 Å². The Morgan fingerprint density at radius 2 is 1.27 bits per heavy atom. The summed E-state index contributed by atoms with van der Waals surface area (Å²) < 4.78 is 17.7. The predicted octanol–water partition coefficient (Wildman–Crippen LogP) is 4.45. The van der Waals surface area contributed by atoms with E-state index < -0.39 is 8.80 Å². The Balaban J connectivity index is 2.62. The summed E-state index contributed by atoms with van der Waals surface area (Å²) in [5.41, 5.74) is 2.64. The van der Waals surface area contributed by atoms with E-state index in [4.69, 9.17) is 24.9 Å². The molecular weight excluding hydrogens is 316 g/mol. The van der Waals surface area contributed by atoms with Crippen LogP contribution in [0.15, 0.2) is 24.3 Å². The summed E-state index contributed by atoms with van der Waals surface area (Å²) in [6, 6.07) is 9.57. The normalized spacial score (nSPS) is 11.8. The van der Waals surface area contributed by atoms with Gasteiger partial charge in [-0.2, -0.15) is 0 Å². The molecule has 3 nitrogen and oxygen atoms in total. The first-order valence-corrected chi connectivity index (χ1v) is 10.7. The third-order valence-electron chi connectivity index (χ3n) is 3.43. The third kappa shape index (κ3) is 6.80. The number of rotatable bonds is 12. The molecule has 0 spiro atoms. The second kappa shape index (κ2) is 11.2. The molecule has 0 saturated carbocycles. The lowest BCUT2D eigenvalue weighted by Crippen LogP contribution is -2.46. The first kappa shape index (κ1) is 19.7. The Hall–Kier alpha value is -0.393. The quantitative estimate of drug-likeness (QED) is 0.414. The Morgan fingerprint density at radius 3 is 1.68 bits per heavy atom. The van der Waals surface area contributed by atoms with Crippen molar-refractivity contribution in [1.29, 1.82) is 0 Å². The maximum atomic E-state index is 5.89. The average molecular weight is 345 g/mol. The van der Waals surface area contributed by atoms with Crippen molar-refractivity contribution in [3.63, 3.8) is 0 Å². The maximum Gasteiger partial charge on any atom is 0.501 e. The first-order valence-electron chi connectivity index (χ1n) is 8.25. The van der Waals surface area contributed by atoms with Gasteiger partial charge in [-0.1, -0.05) is 24.3 Å². The van der Waals surface area contributed by atoms with Gasteiger partial charge in [-0.25, -0.2) is 0 Å².